The maximum atomic E-state index is 11.9. The van der Waals surface area contributed by atoms with E-state index in [4.69, 9.17) is 10.6 Å². The Hall–Kier alpha value is -1.59. The highest BCUT2D eigenvalue weighted by molar-refractivity contribution is 5.94. The molecule has 0 heterocycles. The van der Waals surface area contributed by atoms with E-state index in [1.54, 1.807) is 24.3 Å². The van der Waals surface area contributed by atoms with Gasteiger partial charge in [-0.15, -0.1) is 0 Å². The second kappa shape index (κ2) is 6.37. The fourth-order valence-corrected chi connectivity index (χ4v) is 1.55. The first-order valence-corrected chi connectivity index (χ1v) is 5.97. The zero-order chi connectivity index (χ0) is 13.6. The summed E-state index contributed by atoms with van der Waals surface area (Å²) in [6.45, 7) is 6.91. The molecule has 1 rings (SSSR count). The van der Waals surface area contributed by atoms with E-state index in [2.05, 4.69) is 10.7 Å². The Morgan fingerprint density at radius 1 is 1.33 bits per heavy atom. The summed E-state index contributed by atoms with van der Waals surface area (Å²) in [6, 6.07) is 6.95. The molecule has 5 heteroatoms. The molecular weight excluding hydrogens is 230 g/mol. The number of hydrogen-bond acceptors (Lipinski definition) is 4. The lowest BCUT2D eigenvalue weighted by molar-refractivity contribution is -0.00815. The van der Waals surface area contributed by atoms with E-state index in [-0.39, 0.29) is 11.5 Å². The number of amides is 1. The molecule has 0 unspecified atom stereocenters. The van der Waals surface area contributed by atoms with Crippen LogP contribution in [0.3, 0.4) is 0 Å². The summed E-state index contributed by atoms with van der Waals surface area (Å²) in [7, 11) is 0. The van der Waals surface area contributed by atoms with Crippen molar-refractivity contribution in [2.24, 2.45) is 5.84 Å². The minimum atomic E-state index is -0.358. The molecule has 0 bridgehead atoms. The van der Waals surface area contributed by atoms with Crippen LogP contribution in [0.25, 0.3) is 0 Å². The van der Waals surface area contributed by atoms with Gasteiger partial charge in [0.15, 0.2) is 0 Å². The lowest BCUT2D eigenvalue weighted by Gasteiger charge is -2.24. The third kappa shape index (κ3) is 4.35. The van der Waals surface area contributed by atoms with Crippen molar-refractivity contribution < 1.29 is 9.53 Å². The Morgan fingerprint density at radius 2 is 1.94 bits per heavy atom. The zero-order valence-corrected chi connectivity index (χ0v) is 11.1. The fraction of sp³-hybridized carbons (Fsp3) is 0.462. The average Bonchev–Trinajstić information content (AvgIpc) is 2.36. The lowest BCUT2D eigenvalue weighted by atomic mass is 10.1. The second-order valence-electron chi connectivity index (χ2n) is 4.60. The molecule has 1 amide bonds. The fourth-order valence-electron chi connectivity index (χ4n) is 1.55. The van der Waals surface area contributed by atoms with Crippen molar-refractivity contribution in [2.45, 2.75) is 26.4 Å². The molecule has 0 saturated heterocycles. The molecule has 0 radical (unpaired) electrons. The smallest absolute Gasteiger partial charge is 0.251 e. The Kier molecular flexibility index (Phi) is 5.12. The van der Waals surface area contributed by atoms with Crippen LogP contribution in [-0.2, 0) is 4.74 Å². The molecule has 100 valence electrons. The van der Waals surface area contributed by atoms with Gasteiger partial charge in [0.05, 0.1) is 5.60 Å². The van der Waals surface area contributed by atoms with Gasteiger partial charge >= 0.3 is 0 Å². The summed E-state index contributed by atoms with van der Waals surface area (Å²) in [6.07, 6.45) is 0. The predicted molar refractivity (Wildman–Crippen MR) is 72.3 cm³/mol. The normalized spacial score (nSPS) is 11.1. The van der Waals surface area contributed by atoms with Gasteiger partial charge < -0.3 is 15.5 Å². The highest BCUT2D eigenvalue weighted by Crippen LogP contribution is 2.10. The number of nitrogens with two attached hydrogens (primary N) is 1. The molecule has 0 aliphatic heterocycles. The molecule has 0 aromatic heterocycles. The van der Waals surface area contributed by atoms with Gasteiger partial charge in [-0.3, -0.25) is 10.6 Å². The number of nitrogens with one attached hydrogen (secondary N) is 2. The molecule has 1 aromatic rings. The van der Waals surface area contributed by atoms with Gasteiger partial charge in [-0.25, -0.2) is 0 Å². The van der Waals surface area contributed by atoms with Gasteiger partial charge in [-0.05, 0) is 45.0 Å². The Labute approximate surface area is 108 Å². The Balaban J connectivity index is 2.54. The topological polar surface area (TPSA) is 76.4 Å². The number of benzene rings is 1. The van der Waals surface area contributed by atoms with Gasteiger partial charge in [-0.2, -0.15) is 0 Å². The summed E-state index contributed by atoms with van der Waals surface area (Å²) < 4.78 is 5.51. The Morgan fingerprint density at radius 3 is 2.44 bits per heavy atom. The molecule has 0 aliphatic carbocycles. The molecule has 18 heavy (non-hydrogen) atoms. The first-order valence-electron chi connectivity index (χ1n) is 5.97. The van der Waals surface area contributed by atoms with E-state index in [1.165, 1.54) is 0 Å². The number of carbonyl (C=O) groups is 1. The van der Waals surface area contributed by atoms with Crippen LogP contribution in [0.4, 0.5) is 5.69 Å². The van der Waals surface area contributed by atoms with Crippen molar-refractivity contribution in [3.05, 3.63) is 29.8 Å². The number of nitrogen functional groups attached to an aromatic ring is 1. The summed E-state index contributed by atoms with van der Waals surface area (Å²) in [5.74, 6) is 5.14. The van der Waals surface area contributed by atoms with Crippen LogP contribution in [0.2, 0.25) is 0 Å². The summed E-state index contributed by atoms with van der Waals surface area (Å²) in [5, 5.41) is 2.85. The predicted octanol–water partition coefficient (Wildman–Crippen LogP) is 1.52. The van der Waals surface area contributed by atoms with Gasteiger partial charge in [-0.1, -0.05) is 0 Å². The van der Waals surface area contributed by atoms with Gasteiger partial charge in [0, 0.05) is 24.4 Å². The molecular formula is C13H21N3O2. The maximum absolute atomic E-state index is 11.9. The number of ether oxygens (including phenoxy) is 1. The van der Waals surface area contributed by atoms with Crippen molar-refractivity contribution in [3.8, 4) is 0 Å². The second-order valence-corrected chi connectivity index (χ2v) is 4.60. The molecule has 1 aromatic carbocycles. The quantitative estimate of drug-likeness (QED) is 0.529. The molecule has 4 N–H and O–H groups in total. The first-order chi connectivity index (χ1) is 8.48. The van der Waals surface area contributed by atoms with Gasteiger partial charge in [0.1, 0.15) is 0 Å². The highest BCUT2D eigenvalue weighted by Gasteiger charge is 2.18. The molecule has 0 spiro atoms. The van der Waals surface area contributed by atoms with Crippen molar-refractivity contribution in [2.75, 3.05) is 18.6 Å². The molecule has 0 fully saturated rings. The SMILES string of the molecule is CCOC(C)(C)CNC(=O)c1ccc(NN)cc1. The lowest BCUT2D eigenvalue weighted by Crippen LogP contribution is -2.40. The van der Waals surface area contributed by atoms with Gasteiger partial charge in [0.25, 0.3) is 5.91 Å². The van der Waals surface area contributed by atoms with E-state index in [0.717, 1.165) is 5.69 Å². The van der Waals surface area contributed by atoms with Crippen LogP contribution in [0, 0.1) is 0 Å². The van der Waals surface area contributed by atoms with Crippen LogP contribution < -0.4 is 16.6 Å². The van der Waals surface area contributed by atoms with Crippen LogP contribution in [0.1, 0.15) is 31.1 Å². The highest BCUT2D eigenvalue weighted by atomic mass is 16.5. The molecule has 0 saturated carbocycles. The summed E-state index contributed by atoms with van der Waals surface area (Å²) >= 11 is 0. The number of carbonyl (C=O) groups excluding carboxylic acids is 1. The number of hydrazine groups is 1. The number of rotatable bonds is 6. The average molecular weight is 251 g/mol. The molecule has 0 aliphatic rings. The van der Waals surface area contributed by atoms with Crippen LogP contribution in [-0.4, -0.2) is 24.7 Å². The Bertz CT molecular complexity index is 388. The third-order valence-corrected chi connectivity index (χ3v) is 2.52. The first kappa shape index (κ1) is 14.5. The minimum absolute atomic E-state index is 0.119. The van der Waals surface area contributed by atoms with Crippen molar-refractivity contribution >= 4 is 11.6 Å². The van der Waals surface area contributed by atoms with Gasteiger partial charge in [0.2, 0.25) is 0 Å². The van der Waals surface area contributed by atoms with E-state index < -0.39 is 0 Å². The largest absolute Gasteiger partial charge is 0.374 e. The van der Waals surface area contributed by atoms with E-state index in [1.807, 2.05) is 20.8 Å². The van der Waals surface area contributed by atoms with Crippen molar-refractivity contribution in [1.82, 2.24) is 5.32 Å². The zero-order valence-electron chi connectivity index (χ0n) is 11.1. The third-order valence-electron chi connectivity index (χ3n) is 2.52. The van der Waals surface area contributed by atoms with Crippen molar-refractivity contribution in [3.63, 3.8) is 0 Å². The van der Waals surface area contributed by atoms with Crippen LogP contribution in [0.5, 0.6) is 0 Å². The monoisotopic (exact) mass is 251 g/mol. The number of hydrogen-bond donors (Lipinski definition) is 3. The molecule has 0 atom stereocenters. The minimum Gasteiger partial charge on any atom is -0.374 e. The standard InChI is InChI=1S/C13H21N3O2/c1-4-18-13(2,3)9-15-12(17)10-5-7-11(16-14)8-6-10/h5-8,16H,4,9,14H2,1-3H3,(H,15,17). The van der Waals surface area contributed by atoms with Crippen LogP contribution in [0.15, 0.2) is 24.3 Å². The van der Waals surface area contributed by atoms with E-state index in [9.17, 15) is 4.79 Å². The maximum Gasteiger partial charge on any atom is 0.251 e. The van der Waals surface area contributed by atoms with E-state index in [0.29, 0.717) is 18.7 Å². The van der Waals surface area contributed by atoms with E-state index >= 15 is 0 Å². The summed E-state index contributed by atoms with van der Waals surface area (Å²) in [4.78, 5) is 11.9. The summed E-state index contributed by atoms with van der Waals surface area (Å²) in [5.41, 5.74) is 3.52. The van der Waals surface area contributed by atoms with Crippen molar-refractivity contribution in [1.29, 1.82) is 0 Å². The molecule has 5 nitrogen and oxygen atoms in total. The van der Waals surface area contributed by atoms with Crippen LogP contribution >= 0.6 is 0 Å². The number of anilines is 1.